The van der Waals surface area contributed by atoms with Gasteiger partial charge >= 0.3 is 0 Å². The topological polar surface area (TPSA) is 49.7 Å². The molecule has 0 bridgehead atoms. The van der Waals surface area contributed by atoms with Crippen LogP contribution in [-0.2, 0) is 11.2 Å². The highest BCUT2D eigenvalue weighted by Crippen LogP contribution is 2.62. The fraction of sp³-hybridized carbons (Fsp3) is 0.714. The van der Waals surface area contributed by atoms with Crippen molar-refractivity contribution in [3.8, 4) is 5.75 Å². The molecule has 1 aromatic rings. The van der Waals surface area contributed by atoms with Crippen LogP contribution in [-0.4, -0.2) is 29.5 Å². The van der Waals surface area contributed by atoms with E-state index in [-0.39, 0.29) is 11.5 Å². The van der Waals surface area contributed by atoms with Gasteiger partial charge in [0.25, 0.3) is 0 Å². The molecule has 1 aromatic carbocycles. The van der Waals surface area contributed by atoms with E-state index in [0.29, 0.717) is 29.4 Å². The van der Waals surface area contributed by atoms with Gasteiger partial charge in [-0.2, -0.15) is 0 Å². The summed E-state index contributed by atoms with van der Waals surface area (Å²) in [6.07, 6.45) is 5.24. The van der Waals surface area contributed by atoms with Gasteiger partial charge in [0.15, 0.2) is 0 Å². The number of ether oxygens (including phenoxy) is 1. The number of phenolic OH excluding ortho intramolecular Hbond substituents is 1. The van der Waals surface area contributed by atoms with E-state index in [4.69, 9.17) is 4.74 Å². The Morgan fingerprint density at radius 3 is 2.88 bits per heavy atom. The van der Waals surface area contributed by atoms with Gasteiger partial charge in [-0.25, -0.2) is 0 Å². The first-order valence-corrected chi connectivity index (χ1v) is 9.62. The number of aliphatic hydroxyl groups excluding tert-OH is 1. The standard InChI is InChI=1S/C21H30O3/c1-3-24-12-14-11-21(2)18(8-9-19(21)23)17-6-4-13-10-15(22)5-7-16(13)20(14)17/h5,7,10,14,17-20,22-23H,3-4,6,8-9,11-12H2,1-2H3/t14-,17?,18?,19?,20?,21?/m1/s1. The van der Waals surface area contributed by atoms with Crippen molar-refractivity contribution in [3.63, 3.8) is 0 Å². The normalized spacial score (nSPS) is 40.7. The van der Waals surface area contributed by atoms with Crippen LogP contribution in [0.2, 0.25) is 0 Å². The number of hydrogen-bond acceptors (Lipinski definition) is 3. The first-order chi connectivity index (χ1) is 11.5. The van der Waals surface area contributed by atoms with Crippen molar-refractivity contribution in [2.45, 2.75) is 58.0 Å². The smallest absolute Gasteiger partial charge is 0.115 e. The zero-order valence-electron chi connectivity index (χ0n) is 14.9. The van der Waals surface area contributed by atoms with Crippen molar-refractivity contribution in [1.82, 2.24) is 0 Å². The predicted molar refractivity (Wildman–Crippen MR) is 94.1 cm³/mol. The molecule has 2 fully saturated rings. The average molecular weight is 330 g/mol. The number of aryl methyl sites for hydroxylation is 1. The van der Waals surface area contributed by atoms with Crippen molar-refractivity contribution in [1.29, 1.82) is 0 Å². The fourth-order valence-electron chi connectivity index (χ4n) is 6.28. The molecule has 6 atom stereocenters. The molecule has 3 nitrogen and oxygen atoms in total. The summed E-state index contributed by atoms with van der Waals surface area (Å²) in [5.74, 6) is 2.63. The molecule has 3 heteroatoms. The molecule has 0 radical (unpaired) electrons. The summed E-state index contributed by atoms with van der Waals surface area (Å²) < 4.78 is 5.86. The minimum atomic E-state index is -0.159. The molecule has 4 rings (SSSR count). The lowest BCUT2D eigenvalue weighted by Gasteiger charge is -2.53. The Balaban J connectivity index is 1.74. The van der Waals surface area contributed by atoms with E-state index >= 15 is 0 Å². The van der Waals surface area contributed by atoms with Gasteiger partial charge in [-0.3, -0.25) is 0 Å². The predicted octanol–water partition coefficient (Wildman–Crippen LogP) is 3.87. The van der Waals surface area contributed by atoms with Crippen molar-refractivity contribution in [3.05, 3.63) is 29.3 Å². The Kier molecular flexibility index (Phi) is 4.12. The zero-order chi connectivity index (χ0) is 16.9. The second-order valence-electron chi connectivity index (χ2n) is 8.44. The molecule has 0 amide bonds. The summed E-state index contributed by atoms with van der Waals surface area (Å²) in [6, 6.07) is 5.95. The van der Waals surface area contributed by atoms with Gasteiger partial charge in [-0.05, 0) is 91.4 Å². The van der Waals surface area contributed by atoms with Crippen LogP contribution in [0.5, 0.6) is 5.75 Å². The van der Waals surface area contributed by atoms with Gasteiger partial charge in [0, 0.05) is 13.2 Å². The van der Waals surface area contributed by atoms with Crippen LogP contribution in [0.3, 0.4) is 0 Å². The third-order valence-electron chi connectivity index (χ3n) is 7.32. The zero-order valence-corrected chi connectivity index (χ0v) is 14.9. The van der Waals surface area contributed by atoms with E-state index in [9.17, 15) is 10.2 Å². The number of aliphatic hydroxyl groups is 1. The molecule has 132 valence electrons. The molecule has 0 aromatic heterocycles. The van der Waals surface area contributed by atoms with Crippen LogP contribution in [0.1, 0.15) is 56.6 Å². The Morgan fingerprint density at radius 1 is 1.25 bits per heavy atom. The second-order valence-corrected chi connectivity index (χ2v) is 8.44. The summed E-state index contributed by atoms with van der Waals surface area (Å²) in [5, 5.41) is 20.5. The molecule has 2 N–H and O–H groups in total. The molecule has 5 unspecified atom stereocenters. The average Bonchev–Trinajstić information content (AvgIpc) is 2.87. The molecule has 0 heterocycles. The summed E-state index contributed by atoms with van der Waals surface area (Å²) in [6.45, 7) is 5.91. The van der Waals surface area contributed by atoms with Crippen LogP contribution >= 0.6 is 0 Å². The summed E-state index contributed by atoms with van der Waals surface area (Å²) >= 11 is 0. The van der Waals surface area contributed by atoms with Crippen LogP contribution < -0.4 is 0 Å². The van der Waals surface area contributed by atoms with Gasteiger partial charge in [-0.15, -0.1) is 0 Å². The summed E-state index contributed by atoms with van der Waals surface area (Å²) in [4.78, 5) is 0. The SMILES string of the molecule is CCOC[C@H]1CC2(C)C(O)CCC2C2CCc3cc(O)ccc3C21. The van der Waals surface area contributed by atoms with Crippen LogP contribution in [0.25, 0.3) is 0 Å². The maximum Gasteiger partial charge on any atom is 0.115 e. The fourth-order valence-corrected chi connectivity index (χ4v) is 6.28. The van der Waals surface area contributed by atoms with Crippen LogP contribution in [0.4, 0.5) is 0 Å². The van der Waals surface area contributed by atoms with E-state index in [1.165, 1.54) is 17.5 Å². The number of benzene rings is 1. The number of rotatable bonds is 3. The first kappa shape index (κ1) is 16.4. The van der Waals surface area contributed by atoms with Gasteiger partial charge in [0.2, 0.25) is 0 Å². The van der Waals surface area contributed by atoms with Gasteiger partial charge in [0.05, 0.1) is 6.10 Å². The van der Waals surface area contributed by atoms with E-state index in [0.717, 1.165) is 38.9 Å². The molecule has 0 saturated heterocycles. The monoisotopic (exact) mass is 330 g/mol. The van der Waals surface area contributed by atoms with E-state index in [1.54, 1.807) is 0 Å². The van der Waals surface area contributed by atoms with Gasteiger partial charge in [0.1, 0.15) is 5.75 Å². The van der Waals surface area contributed by atoms with Crippen LogP contribution in [0, 0.1) is 23.2 Å². The Bertz CT molecular complexity index is 613. The lowest BCUT2D eigenvalue weighted by atomic mass is 9.52. The number of phenols is 1. The highest BCUT2D eigenvalue weighted by atomic mass is 16.5. The third-order valence-corrected chi connectivity index (χ3v) is 7.32. The first-order valence-electron chi connectivity index (χ1n) is 9.62. The third kappa shape index (κ3) is 2.40. The van der Waals surface area contributed by atoms with Crippen molar-refractivity contribution < 1.29 is 14.9 Å². The van der Waals surface area contributed by atoms with Gasteiger partial charge in [-0.1, -0.05) is 13.0 Å². The lowest BCUT2D eigenvalue weighted by molar-refractivity contribution is -0.0663. The van der Waals surface area contributed by atoms with Crippen molar-refractivity contribution >= 4 is 0 Å². The summed E-state index contributed by atoms with van der Waals surface area (Å²) in [7, 11) is 0. The number of hydrogen-bond donors (Lipinski definition) is 2. The largest absolute Gasteiger partial charge is 0.508 e. The van der Waals surface area contributed by atoms with Gasteiger partial charge < -0.3 is 14.9 Å². The van der Waals surface area contributed by atoms with Crippen molar-refractivity contribution in [2.24, 2.45) is 23.2 Å². The summed E-state index contributed by atoms with van der Waals surface area (Å²) in [5.41, 5.74) is 2.80. The highest BCUT2D eigenvalue weighted by molar-refractivity contribution is 5.40. The Morgan fingerprint density at radius 2 is 2.08 bits per heavy atom. The molecule has 3 aliphatic rings. The lowest BCUT2D eigenvalue weighted by Crippen LogP contribution is -2.49. The Hall–Kier alpha value is -1.06. The molecule has 0 spiro atoms. The second kappa shape index (κ2) is 6.03. The van der Waals surface area contributed by atoms with Crippen molar-refractivity contribution in [2.75, 3.05) is 13.2 Å². The highest BCUT2D eigenvalue weighted by Gasteiger charge is 2.57. The molecular formula is C21H30O3. The molecular weight excluding hydrogens is 300 g/mol. The van der Waals surface area contributed by atoms with E-state index in [1.807, 2.05) is 12.1 Å². The van der Waals surface area contributed by atoms with E-state index < -0.39 is 0 Å². The molecule has 2 saturated carbocycles. The maximum atomic E-state index is 10.7. The molecule has 3 aliphatic carbocycles. The molecule has 24 heavy (non-hydrogen) atoms. The minimum Gasteiger partial charge on any atom is -0.508 e. The number of aromatic hydroxyl groups is 1. The van der Waals surface area contributed by atoms with E-state index in [2.05, 4.69) is 19.9 Å². The Labute approximate surface area is 145 Å². The quantitative estimate of drug-likeness (QED) is 0.884. The maximum absolute atomic E-state index is 10.7. The number of fused-ring (bicyclic) bond motifs is 5. The minimum absolute atomic E-state index is 0.0529. The van der Waals surface area contributed by atoms with Crippen LogP contribution in [0.15, 0.2) is 18.2 Å². The molecule has 0 aliphatic heterocycles.